The lowest BCUT2D eigenvalue weighted by molar-refractivity contribution is 0.512. The maximum atomic E-state index is 12.5. The fourth-order valence-corrected chi connectivity index (χ4v) is 4.04. The molecule has 2 N–H and O–H groups in total. The van der Waals surface area contributed by atoms with Crippen LogP contribution in [0.1, 0.15) is 57.7 Å². The largest absolute Gasteiger partial charge is 0.346 e. The van der Waals surface area contributed by atoms with Gasteiger partial charge < -0.3 is 9.88 Å². The SMILES string of the molecule is CCCC(CC)NS(=O)(=O)c1cc(CNC)n(C2CC2)c1. The Bertz CT molecular complexity index is 561. The molecule has 1 aromatic rings. The predicted octanol–water partition coefficient (Wildman–Crippen LogP) is 2.40. The molecule has 0 saturated heterocycles. The Hall–Kier alpha value is -0.850. The minimum atomic E-state index is -3.42. The Kier molecular flexibility index (Phi) is 5.46. The molecule has 1 aromatic heterocycles. The summed E-state index contributed by atoms with van der Waals surface area (Å²) in [6.07, 6.45) is 6.76. The quantitative estimate of drug-likeness (QED) is 0.736. The second kappa shape index (κ2) is 6.94. The molecule has 1 unspecified atom stereocenters. The Labute approximate surface area is 128 Å². The topological polar surface area (TPSA) is 63.1 Å². The second-order valence-electron chi connectivity index (χ2n) is 5.85. The van der Waals surface area contributed by atoms with Gasteiger partial charge in [-0.05, 0) is 38.8 Å². The van der Waals surface area contributed by atoms with E-state index in [1.165, 1.54) is 0 Å². The molecule has 1 aliphatic carbocycles. The molecule has 1 heterocycles. The maximum absolute atomic E-state index is 12.5. The molecule has 0 aromatic carbocycles. The molecule has 0 spiro atoms. The van der Waals surface area contributed by atoms with E-state index in [9.17, 15) is 8.42 Å². The van der Waals surface area contributed by atoms with Gasteiger partial charge in [-0.25, -0.2) is 13.1 Å². The molecule has 21 heavy (non-hydrogen) atoms. The van der Waals surface area contributed by atoms with E-state index in [4.69, 9.17) is 0 Å². The molecule has 0 bridgehead atoms. The minimum absolute atomic E-state index is 0.0250. The molecule has 0 radical (unpaired) electrons. The van der Waals surface area contributed by atoms with Gasteiger partial charge >= 0.3 is 0 Å². The first kappa shape index (κ1) is 16.5. The van der Waals surface area contributed by atoms with Crippen molar-refractivity contribution in [1.29, 1.82) is 0 Å². The second-order valence-corrected chi connectivity index (χ2v) is 7.57. The summed E-state index contributed by atoms with van der Waals surface area (Å²) in [6, 6.07) is 2.31. The van der Waals surface area contributed by atoms with Crippen molar-refractivity contribution in [2.75, 3.05) is 7.05 Å². The van der Waals surface area contributed by atoms with Crippen LogP contribution in [0.15, 0.2) is 17.2 Å². The van der Waals surface area contributed by atoms with Crippen LogP contribution in [-0.2, 0) is 16.6 Å². The van der Waals surface area contributed by atoms with Crippen LogP contribution >= 0.6 is 0 Å². The van der Waals surface area contributed by atoms with Crippen LogP contribution in [0.5, 0.6) is 0 Å². The number of hydrogen-bond acceptors (Lipinski definition) is 3. The van der Waals surface area contributed by atoms with Crippen LogP contribution in [0.25, 0.3) is 0 Å². The van der Waals surface area contributed by atoms with Gasteiger partial charge in [0.05, 0.1) is 4.90 Å². The average molecular weight is 313 g/mol. The van der Waals surface area contributed by atoms with Gasteiger partial charge in [-0.3, -0.25) is 0 Å². The lowest BCUT2D eigenvalue weighted by atomic mass is 10.1. The lowest BCUT2D eigenvalue weighted by Crippen LogP contribution is -2.34. The Balaban J connectivity index is 2.21. The zero-order valence-corrected chi connectivity index (χ0v) is 14.0. The summed E-state index contributed by atoms with van der Waals surface area (Å²) >= 11 is 0. The number of hydrogen-bond donors (Lipinski definition) is 2. The molecule has 1 saturated carbocycles. The van der Waals surface area contributed by atoms with Crippen LogP contribution in [-0.4, -0.2) is 26.1 Å². The van der Waals surface area contributed by atoms with Gasteiger partial charge in [0.15, 0.2) is 0 Å². The van der Waals surface area contributed by atoms with E-state index in [2.05, 4.69) is 21.5 Å². The summed E-state index contributed by atoms with van der Waals surface area (Å²) in [4.78, 5) is 0.397. The van der Waals surface area contributed by atoms with Gasteiger partial charge in [0.2, 0.25) is 10.0 Å². The summed E-state index contributed by atoms with van der Waals surface area (Å²) in [5.41, 5.74) is 1.05. The molecular weight excluding hydrogens is 286 g/mol. The standard InChI is InChI=1S/C15H27N3O2S/c1-4-6-12(5-2)17-21(19,20)15-9-14(10-16-3)18(11-15)13-7-8-13/h9,11-13,16-17H,4-8,10H2,1-3H3. The zero-order valence-electron chi connectivity index (χ0n) is 13.2. The van der Waals surface area contributed by atoms with Crippen LogP contribution in [0.3, 0.4) is 0 Å². The van der Waals surface area contributed by atoms with Crippen molar-refractivity contribution in [3.8, 4) is 0 Å². The molecule has 0 amide bonds. The van der Waals surface area contributed by atoms with E-state index in [0.717, 1.165) is 37.8 Å². The van der Waals surface area contributed by atoms with Crippen LogP contribution < -0.4 is 10.0 Å². The highest BCUT2D eigenvalue weighted by atomic mass is 32.2. The third-order valence-electron chi connectivity index (χ3n) is 3.97. The van der Waals surface area contributed by atoms with Crippen LogP contribution in [0.2, 0.25) is 0 Å². The first-order valence-electron chi connectivity index (χ1n) is 7.89. The van der Waals surface area contributed by atoms with Gasteiger partial charge in [0.1, 0.15) is 0 Å². The number of nitrogens with one attached hydrogen (secondary N) is 2. The van der Waals surface area contributed by atoms with E-state index in [1.54, 1.807) is 12.3 Å². The first-order chi connectivity index (χ1) is 10.0. The molecule has 5 nitrogen and oxygen atoms in total. The molecular formula is C15H27N3O2S. The molecule has 6 heteroatoms. The number of aromatic nitrogens is 1. The summed E-state index contributed by atoms with van der Waals surface area (Å²) in [7, 11) is -1.54. The van der Waals surface area contributed by atoms with Gasteiger partial charge in [-0.15, -0.1) is 0 Å². The predicted molar refractivity (Wildman–Crippen MR) is 84.8 cm³/mol. The van der Waals surface area contributed by atoms with Crippen molar-refractivity contribution in [2.45, 2.75) is 69.5 Å². The van der Waals surface area contributed by atoms with Gasteiger partial charge in [-0.1, -0.05) is 20.3 Å². The normalized spacial score (nSPS) is 17.1. The number of nitrogens with zero attached hydrogens (tertiary/aromatic N) is 1. The monoisotopic (exact) mass is 313 g/mol. The van der Waals surface area contributed by atoms with Gasteiger partial charge in [0, 0.05) is 30.5 Å². The van der Waals surface area contributed by atoms with Gasteiger partial charge in [0.25, 0.3) is 0 Å². The van der Waals surface area contributed by atoms with Crippen molar-refractivity contribution in [1.82, 2.24) is 14.6 Å². The van der Waals surface area contributed by atoms with Crippen LogP contribution in [0, 0.1) is 0 Å². The van der Waals surface area contributed by atoms with Gasteiger partial charge in [-0.2, -0.15) is 0 Å². The van der Waals surface area contributed by atoms with Crippen molar-refractivity contribution in [2.24, 2.45) is 0 Å². The smallest absolute Gasteiger partial charge is 0.242 e. The highest BCUT2D eigenvalue weighted by Gasteiger charge is 2.28. The number of rotatable bonds is 9. The molecule has 0 aliphatic heterocycles. The minimum Gasteiger partial charge on any atom is -0.346 e. The highest BCUT2D eigenvalue weighted by Crippen LogP contribution is 2.37. The summed E-state index contributed by atoms with van der Waals surface area (Å²) < 4.78 is 30.0. The Morgan fingerprint density at radius 1 is 1.38 bits per heavy atom. The van der Waals surface area contributed by atoms with Crippen LogP contribution in [0.4, 0.5) is 0 Å². The van der Waals surface area contributed by atoms with E-state index in [-0.39, 0.29) is 6.04 Å². The van der Waals surface area contributed by atoms with E-state index in [0.29, 0.717) is 17.5 Å². The average Bonchev–Trinajstić information content (AvgIpc) is 3.19. The third kappa shape index (κ3) is 4.08. The van der Waals surface area contributed by atoms with Crippen molar-refractivity contribution >= 4 is 10.0 Å². The summed E-state index contributed by atoms with van der Waals surface area (Å²) in [5, 5.41) is 3.11. The first-order valence-corrected chi connectivity index (χ1v) is 9.37. The lowest BCUT2D eigenvalue weighted by Gasteiger charge is -2.15. The van der Waals surface area contributed by atoms with E-state index < -0.39 is 10.0 Å². The van der Waals surface area contributed by atoms with Crippen molar-refractivity contribution in [3.05, 3.63) is 18.0 Å². The fourth-order valence-electron chi connectivity index (χ4n) is 2.64. The summed E-state index contributed by atoms with van der Waals surface area (Å²) in [5.74, 6) is 0. The molecule has 120 valence electrons. The van der Waals surface area contributed by atoms with E-state index >= 15 is 0 Å². The maximum Gasteiger partial charge on any atom is 0.242 e. The molecule has 2 rings (SSSR count). The zero-order chi connectivity index (χ0) is 15.5. The third-order valence-corrected chi connectivity index (χ3v) is 5.45. The highest BCUT2D eigenvalue weighted by molar-refractivity contribution is 7.89. The molecule has 1 atom stereocenters. The Morgan fingerprint density at radius 3 is 2.62 bits per heavy atom. The summed E-state index contributed by atoms with van der Waals surface area (Å²) in [6.45, 7) is 4.79. The van der Waals surface area contributed by atoms with Crippen molar-refractivity contribution in [3.63, 3.8) is 0 Å². The van der Waals surface area contributed by atoms with Crippen molar-refractivity contribution < 1.29 is 8.42 Å². The fraction of sp³-hybridized carbons (Fsp3) is 0.733. The molecule has 1 fully saturated rings. The molecule has 1 aliphatic rings. The van der Waals surface area contributed by atoms with E-state index in [1.807, 2.05) is 14.0 Å². The Morgan fingerprint density at radius 2 is 2.10 bits per heavy atom. The number of sulfonamides is 1.